The second kappa shape index (κ2) is 5.33. The van der Waals surface area contributed by atoms with Crippen LogP contribution in [0.5, 0.6) is 0 Å². The molecule has 22 heavy (non-hydrogen) atoms. The Bertz CT molecular complexity index is 545. The number of rotatable bonds is 4. The first kappa shape index (κ1) is 14.2. The lowest BCUT2D eigenvalue weighted by atomic mass is 9.97. The number of hydrogen-bond donors (Lipinski definition) is 1. The Morgan fingerprint density at radius 2 is 1.95 bits per heavy atom. The molecule has 118 valence electrons. The zero-order chi connectivity index (χ0) is 15.3. The van der Waals surface area contributed by atoms with Gasteiger partial charge in [-0.3, -0.25) is 9.69 Å². The topological polar surface area (TPSA) is 62.3 Å². The van der Waals surface area contributed by atoms with Gasteiger partial charge in [0.2, 0.25) is 0 Å². The summed E-state index contributed by atoms with van der Waals surface area (Å²) in [6.45, 7) is -0.226. The van der Waals surface area contributed by atoms with Crippen molar-refractivity contribution in [2.24, 2.45) is 0 Å². The Labute approximate surface area is 129 Å². The molecule has 5 heteroatoms. The summed E-state index contributed by atoms with van der Waals surface area (Å²) in [6, 6.07) is 10.1. The molecule has 0 saturated carbocycles. The molecule has 5 atom stereocenters. The maximum Gasteiger partial charge on any atom is 0.316 e. The van der Waals surface area contributed by atoms with Crippen LogP contribution in [0.4, 0.5) is 0 Å². The summed E-state index contributed by atoms with van der Waals surface area (Å²) >= 11 is 0. The number of likely N-dealkylation sites (N-methyl/N-ethyl adjacent to an activating group) is 1. The van der Waals surface area contributed by atoms with Gasteiger partial charge in [0.15, 0.2) is 0 Å². The summed E-state index contributed by atoms with van der Waals surface area (Å²) in [5.74, 6) is -0.915. The molecular formula is C17H21NO4. The van der Waals surface area contributed by atoms with Gasteiger partial charge in [0.25, 0.3) is 0 Å². The van der Waals surface area contributed by atoms with Gasteiger partial charge in [-0.25, -0.2) is 0 Å². The highest BCUT2D eigenvalue weighted by molar-refractivity contribution is 5.78. The zero-order valence-corrected chi connectivity index (χ0v) is 12.6. The highest BCUT2D eigenvalue weighted by Gasteiger charge is 2.62. The lowest BCUT2D eigenvalue weighted by Gasteiger charge is -2.38. The first-order chi connectivity index (χ1) is 10.7. The Kier molecular flexibility index (Phi) is 3.44. The number of piperidine rings is 1. The summed E-state index contributed by atoms with van der Waals surface area (Å²) in [7, 11) is 2.13. The van der Waals surface area contributed by atoms with Crippen LogP contribution in [0.2, 0.25) is 0 Å². The van der Waals surface area contributed by atoms with Gasteiger partial charge in [-0.2, -0.15) is 0 Å². The summed E-state index contributed by atoms with van der Waals surface area (Å²) in [5, 5.41) is 9.56. The number of epoxide rings is 1. The highest BCUT2D eigenvalue weighted by atomic mass is 16.6. The summed E-state index contributed by atoms with van der Waals surface area (Å²) in [6.07, 6.45) is 2.26. The largest absolute Gasteiger partial charge is 0.462 e. The fourth-order valence-corrected chi connectivity index (χ4v) is 4.04. The summed E-state index contributed by atoms with van der Waals surface area (Å²) in [5.41, 5.74) is 0.803. The van der Waals surface area contributed by atoms with Crippen molar-refractivity contribution in [3.8, 4) is 0 Å². The van der Waals surface area contributed by atoms with Crippen LogP contribution in [0, 0.1) is 0 Å². The molecule has 3 heterocycles. The predicted molar refractivity (Wildman–Crippen MR) is 79.4 cm³/mol. The van der Waals surface area contributed by atoms with Gasteiger partial charge in [0, 0.05) is 24.9 Å². The van der Waals surface area contributed by atoms with E-state index >= 15 is 0 Å². The van der Waals surface area contributed by atoms with Crippen LogP contribution in [0.25, 0.3) is 0 Å². The molecule has 0 aromatic heterocycles. The fraction of sp³-hybridized carbons (Fsp3) is 0.588. The first-order valence-corrected chi connectivity index (χ1v) is 7.92. The first-order valence-electron chi connectivity index (χ1n) is 7.92. The average molecular weight is 303 g/mol. The monoisotopic (exact) mass is 303 g/mol. The molecule has 2 bridgehead atoms. The van der Waals surface area contributed by atoms with Crippen molar-refractivity contribution in [2.75, 3.05) is 13.7 Å². The normalized spacial score (nSPS) is 37.5. The van der Waals surface area contributed by atoms with Crippen molar-refractivity contribution < 1.29 is 19.4 Å². The molecule has 1 N–H and O–H groups in total. The molecule has 0 radical (unpaired) electrons. The van der Waals surface area contributed by atoms with E-state index in [0.717, 1.165) is 18.4 Å². The minimum atomic E-state index is -0.593. The third-order valence-corrected chi connectivity index (χ3v) is 5.33. The molecule has 3 aliphatic heterocycles. The van der Waals surface area contributed by atoms with E-state index in [1.54, 1.807) is 0 Å². The van der Waals surface area contributed by atoms with Crippen molar-refractivity contribution in [1.29, 1.82) is 0 Å². The number of morpholine rings is 1. The lowest BCUT2D eigenvalue weighted by Crippen LogP contribution is -2.48. The number of carbonyl (C=O) groups excluding carboxylic acids is 1. The maximum absolute atomic E-state index is 12.4. The molecule has 0 amide bonds. The van der Waals surface area contributed by atoms with Crippen LogP contribution in [-0.4, -0.2) is 60.0 Å². The van der Waals surface area contributed by atoms with E-state index in [9.17, 15) is 9.90 Å². The van der Waals surface area contributed by atoms with Crippen LogP contribution < -0.4 is 0 Å². The second-order valence-electron chi connectivity index (χ2n) is 6.54. The molecule has 0 aliphatic carbocycles. The van der Waals surface area contributed by atoms with E-state index in [-0.39, 0.29) is 18.7 Å². The van der Waals surface area contributed by atoms with E-state index in [0.29, 0.717) is 24.3 Å². The van der Waals surface area contributed by atoms with Gasteiger partial charge in [-0.15, -0.1) is 0 Å². The van der Waals surface area contributed by atoms with Gasteiger partial charge in [0.05, 0.1) is 6.61 Å². The average Bonchev–Trinajstić information content (AvgIpc) is 3.27. The molecule has 5 nitrogen and oxygen atoms in total. The third kappa shape index (κ3) is 2.24. The van der Waals surface area contributed by atoms with Crippen molar-refractivity contribution in [2.45, 2.75) is 49.2 Å². The minimum Gasteiger partial charge on any atom is -0.462 e. The number of fused-ring (bicyclic) bond motifs is 5. The minimum absolute atomic E-state index is 0.0622. The number of benzene rings is 1. The Morgan fingerprint density at radius 1 is 1.32 bits per heavy atom. The van der Waals surface area contributed by atoms with E-state index in [1.807, 2.05) is 30.3 Å². The van der Waals surface area contributed by atoms with Crippen molar-refractivity contribution in [3.63, 3.8) is 0 Å². The molecule has 3 fully saturated rings. The fourth-order valence-electron chi connectivity index (χ4n) is 4.04. The van der Waals surface area contributed by atoms with Gasteiger partial charge in [0.1, 0.15) is 24.2 Å². The van der Waals surface area contributed by atoms with Crippen LogP contribution in [0.15, 0.2) is 30.3 Å². The molecule has 1 aromatic carbocycles. The molecular weight excluding hydrogens is 282 g/mol. The maximum atomic E-state index is 12.4. The number of aliphatic hydroxyl groups is 1. The van der Waals surface area contributed by atoms with E-state index in [4.69, 9.17) is 9.47 Å². The number of carbonyl (C=O) groups is 1. The number of nitrogens with zero attached hydrogens (tertiary/aromatic N) is 1. The summed E-state index contributed by atoms with van der Waals surface area (Å²) < 4.78 is 11.4. The van der Waals surface area contributed by atoms with Gasteiger partial charge in [-0.05, 0) is 12.6 Å². The van der Waals surface area contributed by atoms with E-state index < -0.39 is 5.92 Å². The van der Waals surface area contributed by atoms with Gasteiger partial charge >= 0.3 is 5.97 Å². The van der Waals surface area contributed by atoms with E-state index in [2.05, 4.69) is 11.9 Å². The van der Waals surface area contributed by atoms with Gasteiger partial charge in [-0.1, -0.05) is 30.3 Å². The predicted octanol–water partition coefficient (Wildman–Crippen LogP) is 0.918. The van der Waals surface area contributed by atoms with Crippen molar-refractivity contribution in [1.82, 2.24) is 4.90 Å². The van der Waals surface area contributed by atoms with E-state index in [1.165, 1.54) is 0 Å². The van der Waals surface area contributed by atoms with Crippen LogP contribution in [0.1, 0.15) is 24.3 Å². The number of aliphatic hydroxyl groups excluding tert-OH is 1. The molecule has 3 aliphatic rings. The molecule has 3 saturated heterocycles. The lowest BCUT2D eigenvalue weighted by molar-refractivity contribution is -0.156. The van der Waals surface area contributed by atoms with Crippen LogP contribution >= 0.6 is 0 Å². The number of esters is 1. The van der Waals surface area contributed by atoms with Crippen LogP contribution in [-0.2, 0) is 14.3 Å². The van der Waals surface area contributed by atoms with Crippen molar-refractivity contribution in [3.05, 3.63) is 35.9 Å². The molecule has 1 aromatic rings. The molecule has 4 rings (SSSR count). The quantitative estimate of drug-likeness (QED) is 0.662. The summed E-state index contributed by atoms with van der Waals surface area (Å²) in [4.78, 5) is 14.8. The smallest absolute Gasteiger partial charge is 0.316 e. The standard InChI is InChI=1S/C17H21NO4/c1-18-13-7-11(8-14(18)16-15(13)22-16)21-17(20)12(9-19)10-5-3-2-4-6-10/h2-6,11-16,19H,7-9H2,1H3/t12-,13-,14-,15+,16+/m0/s1. The van der Waals surface area contributed by atoms with Gasteiger partial charge < -0.3 is 14.6 Å². The number of hydrogen-bond acceptors (Lipinski definition) is 5. The molecule has 0 spiro atoms. The highest BCUT2D eigenvalue weighted by Crippen LogP contribution is 2.48. The SMILES string of the molecule is CN1[C@H]2CC(OC(=O)[C@@H](CO)c3ccccc3)C[C@H]1[C@H]1O[C@@H]12. The van der Waals surface area contributed by atoms with Crippen molar-refractivity contribution >= 4 is 5.97 Å². The Balaban J connectivity index is 1.42. The third-order valence-electron chi connectivity index (χ3n) is 5.33. The second-order valence-corrected chi connectivity index (χ2v) is 6.54. The Morgan fingerprint density at radius 3 is 2.55 bits per heavy atom. The number of ether oxygens (including phenoxy) is 2. The molecule has 0 unspecified atom stereocenters. The Hall–Kier alpha value is -1.43. The zero-order valence-electron chi connectivity index (χ0n) is 12.6. The van der Waals surface area contributed by atoms with Crippen LogP contribution in [0.3, 0.4) is 0 Å².